The molecule has 102 valence electrons. The average molecular weight is 374 g/mol. The van der Waals surface area contributed by atoms with Crippen molar-refractivity contribution in [3.63, 3.8) is 0 Å². The standard InChI is InChI=1S/C13H15IN2O3/c1-13(11(17)18)7-4-8-16(13)12(19)15-10-6-3-2-5-9(10)14/h2-3,5-6H,4,7-8H2,1H3,(H,15,19)(H,17,18). The van der Waals surface area contributed by atoms with Gasteiger partial charge in [0.05, 0.1) is 5.69 Å². The Labute approximate surface area is 125 Å². The number of carbonyl (C=O) groups excluding carboxylic acids is 1. The van der Waals surface area contributed by atoms with Crippen LogP contribution in [0.1, 0.15) is 19.8 Å². The quantitative estimate of drug-likeness (QED) is 0.783. The third-order valence-electron chi connectivity index (χ3n) is 3.46. The number of urea groups is 1. The predicted octanol–water partition coefficient (Wildman–Crippen LogP) is 2.76. The zero-order valence-corrected chi connectivity index (χ0v) is 12.7. The van der Waals surface area contributed by atoms with Crippen molar-refractivity contribution in [3.8, 4) is 0 Å². The van der Waals surface area contributed by atoms with Crippen LogP contribution in [0.4, 0.5) is 10.5 Å². The van der Waals surface area contributed by atoms with Gasteiger partial charge < -0.3 is 15.3 Å². The van der Waals surface area contributed by atoms with E-state index >= 15 is 0 Å². The van der Waals surface area contributed by atoms with Crippen molar-refractivity contribution in [2.75, 3.05) is 11.9 Å². The zero-order chi connectivity index (χ0) is 14.0. The molecule has 1 atom stereocenters. The first kappa shape index (κ1) is 14.1. The molecule has 0 radical (unpaired) electrons. The van der Waals surface area contributed by atoms with Gasteiger partial charge in [-0.2, -0.15) is 0 Å². The molecule has 1 aliphatic heterocycles. The molecule has 5 nitrogen and oxygen atoms in total. The SMILES string of the molecule is CC1(C(=O)O)CCCN1C(=O)Nc1ccccc1I. The highest BCUT2D eigenvalue weighted by atomic mass is 127. The number of likely N-dealkylation sites (tertiary alicyclic amines) is 1. The highest BCUT2D eigenvalue weighted by Crippen LogP contribution is 2.30. The van der Waals surface area contributed by atoms with Gasteiger partial charge in [0.25, 0.3) is 0 Å². The van der Waals surface area contributed by atoms with Crippen molar-refractivity contribution in [2.45, 2.75) is 25.3 Å². The molecule has 1 aromatic rings. The lowest BCUT2D eigenvalue weighted by Gasteiger charge is -2.31. The Kier molecular flexibility index (Phi) is 3.98. The number of aliphatic carboxylic acids is 1. The van der Waals surface area contributed by atoms with Gasteiger partial charge in [-0.1, -0.05) is 12.1 Å². The molecule has 1 unspecified atom stereocenters. The van der Waals surface area contributed by atoms with Crippen LogP contribution < -0.4 is 5.32 Å². The van der Waals surface area contributed by atoms with E-state index in [4.69, 9.17) is 0 Å². The Morgan fingerprint density at radius 1 is 1.42 bits per heavy atom. The summed E-state index contributed by atoms with van der Waals surface area (Å²) in [7, 11) is 0. The lowest BCUT2D eigenvalue weighted by atomic mass is 10.00. The molecule has 1 saturated heterocycles. The molecular formula is C13H15IN2O3. The molecule has 0 aromatic heterocycles. The Morgan fingerprint density at radius 2 is 2.11 bits per heavy atom. The maximum atomic E-state index is 12.2. The van der Waals surface area contributed by atoms with Gasteiger partial charge in [0, 0.05) is 10.1 Å². The number of carbonyl (C=O) groups is 2. The normalized spacial score (nSPS) is 22.3. The second-order valence-corrected chi connectivity index (χ2v) is 5.91. The van der Waals surface area contributed by atoms with Gasteiger partial charge in [0.1, 0.15) is 5.54 Å². The third kappa shape index (κ3) is 2.68. The van der Waals surface area contributed by atoms with Gasteiger partial charge in [-0.15, -0.1) is 0 Å². The summed E-state index contributed by atoms with van der Waals surface area (Å²) >= 11 is 2.13. The van der Waals surface area contributed by atoms with E-state index in [-0.39, 0.29) is 6.03 Å². The molecule has 0 aliphatic carbocycles. The fourth-order valence-electron chi connectivity index (χ4n) is 2.26. The lowest BCUT2D eigenvalue weighted by molar-refractivity contribution is -0.146. The Hall–Kier alpha value is -1.31. The number of halogens is 1. The van der Waals surface area contributed by atoms with Gasteiger partial charge >= 0.3 is 12.0 Å². The first-order valence-corrected chi connectivity index (χ1v) is 7.09. The van der Waals surface area contributed by atoms with Gasteiger partial charge in [-0.25, -0.2) is 9.59 Å². The van der Waals surface area contributed by atoms with Crippen molar-refractivity contribution in [1.82, 2.24) is 4.90 Å². The summed E-state index contributed by atoms with van der Waals surface area (Å²) in [5, 5.41) is 12.1. The van der Waals surface area contributed by atoms with Crippen LogP contribution in [-0.4, -0.2) is 34.1 Å². The number of hydrogen-bond acceptors (Lipinski definition) is 2. The fraction of sp³-hybridized carbons (Fsp3) is 0.385. The van der Waals surface area contributed by atoms with Gasteiger partial charge in [-0.3, -0.25) is 0 Å². The first-order valence-electron chi connectivity index (χ1n) is 6.02. The molecule has 1 fully saturated rings. The van der Waals surface area contributed by atoms with Crippen molar-refractivity contribution < 1.29 is 14.7 Å². The summed E-state index contributed by atoms with van der Waals surface area (Å²) in [5.74, 6) is -0.956. The van der Waals surface area contributed by atoms with E-state index in [1.54, 1.807) is 13.0 Å². The number of hydrogen-bond donors (Lipinski definition) is 2. The number of benzene rings is 1. The van der Waals surface area contributed by atoms with Gasteiger partial charge in [-0.05, 0) is 54.5 Å². The Balaban J connectivity index is 2.17. The van der Waals surface area contributed by atoms with E-state index in [1.165, 1.54) is 4.90 Å². The largest absolute Gasteiger partial charge is 0.480 e. The molecule has 1 heterocycles. The van der Waals surface area contributed by atoms with Crippen LogP contribution in [0.15, 0.2) is 24.3 Å². The number of carboxylic acid groups (broad SMARTS) is 1. The smallest absolute Gasteiger partial charge is 0.329 e. The zero-order valence-electron chi connectivity index (χ0n) is 10.5. The fourth-order valence-corrected chi connectivity index (χ4v) is 2.78. The molecule has 0 saturated carbocycles. The van der Waals surface area contributed by atoms with Crippen LogP contribution in [0.5, 0.6) is 0 Å². The maximum Gasteiger partial charge on any atom is 0.329 e. The van der Waals surface area contributed by atoms with Gasteiger partial charge in [0.15, 0.2) is 0 Å². The molecular weight excluding hydrogens is 359 g/mol. The third-order valence-corrected chi connectivity index (χ3v) is 4.40. The second-order valence-electron chi connectivity index (χ2n) is 4.74. The molecule has 2 amide bonds. The van der Waals surface area contributed by atoms with E-state index < -0.39 is 11.5 Å². The Bertz CT molecular complexity index is 520. The number of anilines is 1. The van der Waals surface area contributed by atoms with E-state index in [0.717, 1.165) is 3.57 Å². The molecule has 19 heavy (non-hydrogen) atoms. The summed E-state index contributed by atoms with van der Waals surface area (Å²) in [6.45, 7) is 2.07. The average Bonchev–Trinajstić information content (AvgIpc) is 2.76. The molecule has 6 heteroatoms. The summed E-state index contributed by atoms with van der Waals surface area (Å²) in [6, 6.07) is 7.04. The number of rotatable bonds is 2. The van der Waals surface area contributed by atoms with E-state index in [1.807, 2.05) is 18.2 Å². The van der Waals surface area contributed by atoms with Crippen LogP contribution in [-0.2, 0) is 4.79 Å². The molecule has 1 aliphatic rings. The van der Waals surface area contributed by atoms with E-state index in [0.29, 0.717) is 25.1 Å². The number of nitrogens with one attached hydrogen (secondary N) is 1. The van der Waals surface area contributed by atoms with Crippen LogP contribution >= 0.6 is 22.6 Å². The van der Waals surface area contributed by atoms with Crippen LogP contribution in [0.2, 0.25) is 0 Å². The summed E-state index contributed by atoms with van der Waals surface area (Å²) in [6.07, 6.45) is 1.20. The van der Waals surface area contributed by atoms with E-state index in [9.17, 15) is 14.7 Å². The summed E-state index contributed by atoms with van der Waals surface area (Å²) < 4.78 is 0.921. The summed E-state index contributed by atoms with van der Waals surface area (Å²) in [4.78, 5) is 25.0. The molecule has 0 bridgehead atoms. The van der Waals surface area contributed by atoms with E-state index in [2.05, 4.69) is 27.9 Å². The minimum Gasteiger partial charge on any atom is -0.480 e. The van der Waals surface area contributed by atoms with Gasteiger partial charge in [0.2, 0.25) is 0 Å². The molecule has 1 aromatic carbocycles. The number of nitrogens with zero attached hydrogens (tertiary/aromatic N) is 1. The van der Waals surface area contributed by atoms with Crippen LogP contribution in [0.25, 0.3) is 0 Å². The van der Waals surface area contributed by atoms with Crippen LogP contribution in [0, 0.1) is 3.57 Å². The number of carboxylic acids is 1. The maximum absolute atomic E-state index is 12.2. The van der Waals surface area contributed by atoms with Crippen molar-refractivity contribution in [1.29, 1.82) is 0 Å². The molecule has 0 spiro atoms. The van der Waals surface area contributed by atoms with Crippen molar-refractivity contribution in [3.05, 3.63) is 27.8 Å². The lowest BCUT2D eigenvalue weighted by Crippen LogP contribution is -2.52. The molecule has 2 rings (SSSR count). The minimum atomic E-state index is -1.11. The van der Waals surface area contributed by atoms with Crippen molar-refractivity contribution >= 4 is 40.3 Å². The number of para-hydroxylation sites is 1. The minimum absolute atomic E-state index is 0.355. The Morgan fingerprint density at radius 3 is 2.74 bits per heavy atom. The van der Waals surface area contributed by atoms with Crippen LogP contribution in [0.3, 0.4) is 0 Å². The topological polar surface area (TPSA) is 69.6 Å². The predicted molar refractivity (Wildman–Crippen MR) is 80.2 cm³/mol. The number of amides is 2. The van der Waals surface area contributed by atoms with Crippen molar-refractivity contribution in [2.24, 2.45) is 0 Å². The molecule has 2 N–H and O–H groups in total. The second kappa shape index (κ2) is 5.36. The highest BCUT2D eigenvalue weighted by molar-refractivity contribution is 14.1. The summed E-state index contributed by atoms with van der Waals surface area (Å²) in [5.41, 5.74) is -0.405. The first-order chi connectivity index (χ1) is 8.95. The highest BCUT2D eigenvalue weighted by Gasteiger charge is 2.46. The monoisotopic (exact) mass is 374 g/mol.